The van der Waals surface area contributed by atoms with Crippen LogP contribution in [0.3, 0.4) is 0 Å². The highest BCUT2D eigenvalue weighted by atomic mass is 32.1. The highest BCUT2D eigenvalue weighted by Gasteiger charge is 2.41. The Morgan fingerprint density at radius 3 is 2.61 bits per heavy atom. The summed E-state index contributed by atoms with van der Waals surface area (Å²) in [7, 11) is 0. The van der Waals surface area contributed by atoms with Crippen LogP contribution < -0.4 is 5.32 Å². The lowest BCUT2D eigenvalue weighted by Crippen LogP contribution is -2.60. The van der Waals surface area contributed by atoms with Crippen LogP contribution in [0.25, 0.3) is 21.3 Å². The van der Waals surface area contributed by atoms with Crippen molar-refractivity contribution < 1.29 is 18.7 Å². The third-order valence-electron chi connectivity index (χ3n) is 9.16. The molecule has 2 amide bonds. The second kappa shape index (κ2) is 12.3. The molecule has 1 unspecified atom stereocenters. The number of piperazine rings is 1. The number of carbonyl (C=O) groups excluding carboxylic acids is 2. The number of amides is 2. The molecule has 4 heterocycles. The molecule has 1 aliphatic heterocycles. The Labute approximate surface area is 260 Å². The lowest BCUT2D eigenvalue weighted by Gasteiger charge is -2.49. The summed E-state index contributed by atoms with van der Waals surface area (Å²) in [6.07, 6.45) is 11.8. The van der Waals surface area contributed by atoms with Crippen molar-refractivity contribution in [3.63, 3.8) is 0 Å². The first-order chi connectivity index (χ1) is 21.4. The van der Waals surface area contributed by atoms with E-state index >= 15 is 0 Å². The summed E-state index contributed by atoms with van der Waals surface area (Å²) >= 11 is 1.48. The van der Waals surface area contributed by atoms with Crippen LogP contribution in [0.4, 0.5) is 5.13 Å². The van der Waals surface area contributed by atoms with Crippen molar-refractivity contribution in [3.05, 3.63) is 54.3 Å². The fraction of sp³-hybridized carbons (Fsp3) is 0.500. The van der Waals surface area contributed by atoms with E-state index in [0.717, 1.165) is 53.6 Å². The van der Waals surface area contributed by atoms with Crippen molar-refractivity contribution in [1.29, 1.82) is 0 Å². The smallest absolute Gasteiger partial charge is 0.275 e. The Morgan fingerprint density at radius 2 is 1.89 bits per heavy atom. The Balaban J connectivity index is 0.905. The molecule has 0 bridgehead atoms. The molecule has 3 fully saturated rings. The second-order valence-electron chi connectivity index (χ2n) is 12.2. The minimum Gasteiger partial charge on any atom is -0.448 e. The molecule has 1 N–H and O–H groups in total. The standard InChI is InChI=1S/C32H37N7O4S/c1-19-16-38(31(41)27-17-42-20(2)35-27)9-10-39(19)24-11-22(12-24)30(40)37-32-36-26-8-7-21(13-28(26)44-32)23-14-33-29(34-15-23)18-43-25-5-3-4-6-25/h7-8,13-15,17,19,22,24-25H,3-6,9-12,16,18H2,1-2H3,(H,36,37,40). The van der Waals surface area contributed by atoms with Crippen LogP contribution in [-0.2, 0) is 16.1 Å². The number of thiazole rings is 1. The molecule has 2 saturated carbocycles. The molecule has 11 nitrogen and oxygen atoms in total. The number of oxazole rings is 1. The Bertz CT molecular complexity index is 1640. The average molecular weight is 616 g/mol. The number of fused-ring (bicyclic) bond motifs is 1. The number of hydrogen-bond donors (Lipinski definition) is 1. The van der Waals surface area contributed by atoms with Gasteiger partial charge in [-0.25, -0.2) is 19.9 Å². The summed E-state index contributed by atoms with van der Waals surface area (Å²) in [6, 6.07) is 6.61. The summed E-state index contributed by atoms with van der Waals surface area (Å²) in [6.45, 7) is 6.38. The van der Waals surface area contributed by atoms with Gasteiger partial charge >= 0.3 is 0 Å². The minimum atomic E-state index is -0.0896. The minimum absolute atomic E-state index is 0.0206. The van der Waals surface area contributed by atoms with Gasteiger partial charge in [-0.1, -0.05) is 30.2 Å². The first-order valence-corrected chi connectivity index (χ1v) is 16.3. The number of carbonyl (C=O) groups is 2. The maximum atomic E-state index is 13.1. The van der Waals surface area contributed by atoms with E-state index < -0.39 is 0 Å². The molecular weight excluding hydrogens is 578 g/mol. The molecule has 7 rings (SSSR count). The maximum Gasteiger partial charge on any atom is 0.275 e. The second-order valence-corrected chi connectivity index (χ2v) is 13.2. The predicted molar refractivity (Wildman–Crippen MR) is 166 cm³/mol. The highest BCUT2D eigenvalue weighted by Crippen LogP contribution is 2.36. The predicted octanol–water partition coefficient (Wildman–Crippen LogP) is 5.07. The van der Waals surface area contributed by atoms with Gasteiger partial charge in [0.05, 0.1) is 16.3 Å². The van der Waals surface area contributed by atoms with Gasteiger partial charge in [0.25, 0.3) is 5.91 Å². The third kappa shape index (κ3) is 6.11. The number of rotatable bonds is 8. The number of hydrogen-bond acceptors (Lipinski definition) is 10. The van der Waals surface area contributed by atoms with Crippen LogP contribution in [0.15, 0.2) is 41.3 Å². The lowest BCUT2D eigenvalue weighted by molar-refractivity contribution is -0.125. The fourth-order valence-corrected chi connectivity index (χ4v) is 7.49. The molecule has 3 aromatic heterocycles. The van der Waals surface area contributed by atoms with Gasteiger partial charge in [-0.3, -0.25) is 14.5 Å². The van der Waals surface area contributed by atoms with Gasteiger partial charge in [0, 0.05) is 62.5 Å². The summed E-state index contributed by atoms with van der Waals surface area (Å²) < 4.78 is 12.1. The van der Waals surface area contributed by atoms with Crippen LogP contribution >= 0.6 is 11.3 Å². The topological polar surface area (TPSA) is 127 Å². The van der Waals surface area contributed by atoms with Gasteiger partial charge in [-0.2, -0.15) is 0 Å². The van der Waals surface area contributed by atoms with Crippen molar-refractivity contribution in [2.24, 2.45) is 5.92 Å². The van der Waals surface area contributed by atoms with E-state index in [2.05, 4.69) is 43.1 Å². The van der Waals surface area contributed by atoms with Crippen molar-refractivity contribution in [1.82, 2.24) is 29.7 Å². The summed E-state index contributed by atoms with van der Waals surface area (Å²) in [4.78, 5) is 48.0. The van der Waals surface area contributed by atoms with Gasteiger partial charge in [-0.15, -0.1) is 0 Å². The first kappa shape index (κ1) is 29.0. The number of aromatic nitrogens is 4. The van der Waals surface area contributed by atoms with Gasteiger partial charge < -0.3 is 19.4 Å². The SMILES string of the molecule is Cc1nc(C(=O)N2CCN(C3CC(C(=O)Nc4nc5ccc(-c6cnc(COC7CCCC7)nc6)cc5s4)C3)C(C)C2)co1. The Kier molecular flexibility index (Phi) is 8.13. The quantitative estimate of drug-likeness (QED) is 0.289. The van der Waals surface area contributed by atoms with E-state index in [-0.39, 0.29) is 23.8 Å². The lowest BCUT2D eigenvalue weighted by atomic mass is 9.78. The number of anilines is 1. The Morgan fingerprint density at radius 1 is 1.09 bits per heavy atom. The number of aryl methyl sites for hydroxylation is 1. The summed E-state index contributed by atoms with van der Waals surface area (Å²) in [5, 5.41) is 3.67. The zero-order chi connectivity index (χ0) is 30.2. The molecular formula is C32H37N7O4S. The molecule has 230 valence electrons. The zero-order valence-corrected chi connectivity index (χ0v) is 25.9. The van der Waals surface area contributed by atoms with Crippen molar-refractivity contribution in [3.8, 4) is 11.1 Å². The molecule has 3 aliphatic rings. The number of nitrogens with zero attached hydrogens (tertiary/aromatic N) is 6. The molecule has 44 heavy (non-hydrogen) atoms. The normalized spacial score (nSPS) is 22.8. The molecule has 4 aromatic rings. The zero-order valence-electron chi connectivity index (χ0n) is 25.1. The first-order valence-electron chi connectivity index (χ1n) is 15.5. The highest BCUT2D eigenvalue weighted by molar-refractivity contribution is 7.22. The van der Waals surface area contributed by atoms with E-state index in [1.165, 1.54) is 30.4 Å². The van der Waals surface area contributed by atoms with E-state index in [1.54, 1.807) is 6.92 Å². The average Bonchev–Trinajstić information content (AvgIpc) is 3.77. The van der Waals surface area contributed by atoms with Gasteiger partial charge in [-0.05, 0) is 50.3 Å². The monoisotopic (exact) mass is 615 g/mol. The van der Waals surface area contributed by atoms with E-state index in [9.17, 15) is 9.59 Å². The van der Waals surface area contributed by atoms with Crippen molar-refractivity contribution in [2.45, 2.75) is 77.2 Å². The van der Waals surface area contributed by atoms with E-state index in [0.29, 0.717) is 54.4 Å². The number of nitrogens with one attached hydrogen (secondary N) is 1. The molecule has 0 radical (unpaired) electrons. The molecule has 0 spiro atoms. The molecule has 1 aromatic carbocycles. The van der Waals surface area contributed by atoms with Crippen LogP contribution in [0.2, 0.25) is 0 Å². The fourth-order valence-electron chi connectivity index (χ4n) is 6.59. The van der Waals surface area contributed by atoms with Crippen molar-refractivity contribution >= 4 is 38.5 Å². The number of ether oxygens (including phenoxy) is 1. The molecule has 1 atom stereocenters. The number of benzene rings is 1. The van der Waals surface area contributed by atoms with Gasteiger partial charge in [0.15, 0.2) is 22.5 Å². The van der Waals surface area contributed by atoms with E-state index in [4.69, 9.17) is 9.15 Å². The van der Waals surface area contributed by atoms with Gasteiger partial charge in [0.2, 0.25) is 5.91 Å². The van der Waals surface area contributed by atoms with Crippen LogP contribution in [0, 0.1) is 12.8 Å². The molecule has 1 saturated heterocycles. The molecule has 12 heteroatoms. The summed E-state index contributed by atoms with van der Waals surface area (Å²) in [5.41, 5.74) is 3.16. The maximum absolute atomic E-state index is 13.1. The van der Waals surface area contributed by atoms with Crippen LogP contribution in [-0.4, -0.2) is 79.4 Å². The van der Waals surface area contributed by atoms with Gasteiger partial charge in [0.1, 0.15) is 12.9 Å². The largest absolute Gasteiger partial charge is 0.448 e. The van der Waals surface area contributed by atoms with E-state index in [1.807, 2.05) is 29.4 Å². The molecule has 2 aliphatic carbocycles. The Hall–Kier alpha value is -3.74. The van der Waals surface area contributed by atoms with Crippen LogP contribution in [0.5, 0.6) is 0 Å². The third-order valence-corrected chi connectivity index (χ3v) is 10.1. The summed E-state index contributed by atoms with van der Waals surface area (Å²) in [5.74, 6) is 1.08. The van der Waals surface area contributed by atoms with Crippen molar-refractivity contribution in [2.75, 3.05) is 25.0 Å². The van der Waals surface area contributed by atoms with Crippen LogP contribution in [0.1, 0.15) is 67.7 Å².